The molecule has 0 aromatic heterocycles. The monoisotopic (exact) mass is 304 g/mol. The molecule has 3 heteroatoms. The Morgan fingerprint density at radius 3 is 1.68 bits per heavy atom. The summed E-state index contributed by atoms with van der Waals surface area (Å²) in [7, 11) is -0.243. The van der Waals surface area contributed by atoms with Crippen LogP contribution in [0.15, 0.2) is 60.7 Å². The van der Waals surface area contributed by atoms with Crippen LogP contribution >= 0.6 is 31.4 Å². The van der Waals surface area contributed by atoms with Crippen molar-refractivity contribution in [1.29, 1.82) is 0 Å². The Morgan fingerprint density at radius 1 is 0.737 bits per heavy atom. The van der Waals surface area contributed by atoms with Gasteiger partial charge >= 0.3 is 0 Å². The van der Waals surface area contributed by atoms with Crippen LogP contribution in [0, 0.1) is 0 Å². The van der Waals surface area contributed by atoms with Crippen molar-refractivity contribution >= 4 is 42.1 Å². The van der Waals surface area contributed by atoms with Crippen LogP contribution in [-0.4, -0.2) is 15.8 Å². The first-order chi connectivity index (χ1) is 9.45. The van der Waals surface area contributed by atoms with E-state index in [9.17, 15) is 0 Å². The molecule has 0 amide bonds. The van der Waals surface area contributed by atoms with Gasteiger partial charge in [0.15, 0.2) is 0 Å². The zero-order valence-corrected chi connectivity index (χ0v) is 13.3. The maximum absolute atomic E-state index is 2.30. The number of rotatable bonds is 3. The second-order valence-corrected chi connectivity index (χ2v) is 10.2. The highest BCUT2D eigenvalue weighted by molar-refractivity contribution is 8.25. The molecule has 2 aromatic rings. The first kappa shape index (κ1) is 13.5. The highest BCUT2D eigenvalue weighted by Crippen LogP contribution is 2.52. The minimum Gasteiger partial charge on any atom is -0.142 e. The Labute approximate surface area is 125 Å². The topological polar surface area (TPSA) is 0 Å². The van der Waals surface area contributed by atoms with Gasteiger partial charge in [-0.2, -0.15) is 0 Å². The van der Waals surface area contributed by atoms with Crippen LogP contribution in [0.5, 0.6) is 0 Å². The van der Waals surface area contributed by atoms with Crippen molar-refractivity contribution < 1.29 is 0 Å². The molecule has 3 rings (SSSR count). The van der Waals surface area contributed by atoms with E-state index in [0.717, 1.165) is 0 Å². The summed E-state index contributed by atoms with van der Waals surface area (Å²) in [5.74, 6) is 2.63. The molecule has 0 radical (unpaired) electrons. The summed E-state index contributed by atoms with van der Waals surface area (Å²) in [5, 5.41) is 3.02. The number of hydrogen-bond donors (Lipinski definition) is 0. The van der Waals surface area contributed by atoms with Crippen molar-refractivity contribution in [2.45, 2.75) is 10.7 Å². The third-order valence-electron chi connectivity index (χ3n) is 3.09. The molecule has 0 unspecified atom stereocenters. The van der Waals surface area contributed by atoms with Gasteiger partial charge in [-0.3, -0.25) is 0 Å². The number of hydrogen-bond acceptors (Lipinski definition) is 2. The summed E-state index contributed by atoms with van der Waals surface area (Å²) in [6.07, 6.45) is 1.36. The Hall–Kier alpha value is -0.430. The van der Waals surface area contributed by atoms with Gasteiger partial charge in [-0.05, 0) is 36.5 Å². The van der Waals surface area contributed by atoms with Gasteiger partial charge in [0.1, 0.15) is 0 Å². The van der Waals surface area contributed by atoms with Crippen molar-refractivity contribution in [3.8, 4) is 0 Å². The predicted octanol–water partition coefficient (Wildman–Crippen LogP) is 4.27. The summed E-state index contributed by atoms with van der Waals surface area (Å²) < 4.78 is 0.716. The SMILES string of the molecule is c1ccc(P(c2ccccc2)C2SCCCS2)cc1. The summed E-state index contributed by atoms with van der Waals surface area (Å²) in [5.41, 5.74) is 0. The average Bonchev–Trinajstić information content (AvgIpc) is 2.51. The molecule has 1 saturated heterocycles. The van der Waals surface area contributed by atoms with E-state index in [-0.39, 0.29) is 7.92 Å². The summed E-state index contributed by atoms with van der Waals surface area (Å²) >= 11 is 4.31. The van der Waals surface area contributed by atoms with E-state index >= 15 is 0 Å². The van der Waals surface area contributed by atoms with Crippen molar-refractivity contribution in [1.82, 2.24) is 0 Å². The first-order valence-corrected chi connectivity index (χ1v) is 10.1. The fourth-order valence-electron chi connectivity index (χ4n) is 2.19. The van der Waals surface area contributed by atoms with Gasteiger partial charge in [0.2, 0.25) is 0 Å². The molecule has 2 aromatic carbocycles. The van der Waals surface area contributed by atoms with Crippen LogP contribution in [0.25, 0.3) is 0 Å². The van der Waals surface area contributed by atoms with E-state index in [1.165, 1.54) is 28.5 Å². The maximum Gasteiger partial charge on any atom is 0.0778 e. The van der Waals surface area contributed by atoms with Gasteiger partial charge in [0.05, 0.1) is 4.32 Å². The second kappa shape index (κ2) is 6.83. The van der Waals surface area contributed by atoms with E-state index in [0.29, 0.717) is 4.32 Å². The molecule has 0 atom stereocenters. The third kappa shape index (κ3) is 3.37. The number of thioether (sulfide) groups is 2. The first-order valence-electron chi connectivity index (χ1n) is 6.58. The molecule has 1 fully saturated rings. The molecule has 98 valence electrons. The van der Waals surface area contributed by atoms with Crippen molar-refractivity contribution in [3.63, 3.8) is 0 Å². The summed E-state index contributed by atoms with van der Waals surface area (Å²) in [4.78, 5) is 0. The molecular formula is C16H17PS2. The van der Waals surface area contributed by atoms with Crippen LogP contribution in [-0.2, 0) is 0 Å². The molecule has 0 bridgehead atoms. The zero-order valence-electron chi connectivity index (χ0n) is 10.7. The van der Waals surface area contributed by atoms with Gasteiger partial charge in [-0.1, -0.05) is 60.7 Å². The fraction of sp³-hybridized carbons (Fsp3) is 0.250. The molecule has 1 heterocycles. The highest BCUT2D eigenvalue weighted by Gasteiger charge is 2.27. The molecule has 0 spiro atoms. The Kier molecular flexibility index (Phi) is 4.87. The lowest BCUT2D eigenvalue weighted by atomic mass is 10.4. The maximum atomic E-state index is 2.30. The van der Waals surface area contributed by atoms with Crippen LogP contribution in [0.2, 0.25) is 0 Å². The summed E-state index contributed by atoms with van der Waals surface area (Å²) in [6.45, 7) is 0. The van der Waals surface area contributed by atoms with Crippen LogP contribution in [0.1, 0.15) is 6.42 Å². The van der Waals surface area contributed by atoms with Gasteiger partial charge in [0.25, 0.3) is 0 Å². The number of benzene rings is 2. The molecule has 19 heavy (non-hydrogen) atoms. The van der Waals surface area contributed by atoms with Crippen molar-refractivity contribution in [3.05, 3.63) is 60.7 Å². The Morgan fingerprint density at radius 2 is 1.21 bits per heavy atom. The molecule has 1 aliphatic rings. The lowest BCUT2D eigenvalue weighted by Crippen LogP contribution is -2.20. The minimum atomic E-state index is -0.243. The van der Waals surface area contributed by atoms with E-state index in [2.05, 4.69) is 84.2 Å². The zero-order chi connectivity index (χ0) is 12.9. The summed E-state index contributed by atoms with van der Waals surface area (Å²) in [6, 6.07) is 22.1. The Bertz CT molecular complexity index is 455. The van der Waals surface area contributed by atoms with E-state index < -0.39 is 0 Å². The van der Waals surface area contributed by atoms with Crippen LogP contribution in [0.4, 0.5) is 0 Å². The third-order valence-corrected chi connectivity index (χ3v) is 9.81. The fourth-order valence-corrected chi connectivity index (χ4v) is 9.42. The van der Waals surface area contributed by atoms with Crippen molar-refractivity contribution in [2.24, 2.45) is 0 Å². The quantitative estimate of drug-likeness (QED) is 0.777. The smallest absolute Gasteiger partial charge is 0.0778 e. The standard InChI is InChI=1S/C16H17PS2/c1-3-8-14(9-4-1)17(15-10-5-2-6-11-15)16-18-12-7-13-19-16/h1-6,8-11,16H,7,12-13H2. The molecule has 0 saturated carbocycles. The average molecular weight is 304 g/mol. The highest BCUT2D eigenvalue weighted by atomic mass is 32.2. The minimum absolute atomic E-state index is 0.243. The Balaban J connectivity index is 1.96. The van der Waals surface area contributed by atoms with E-state index in [4.69, 9.17) is 0 Å². The molecule has 0 N–H and O–H groups in total. The van der Waals surface area contributed by atoms with Gasteiger partial charge in [0, 0.05) is 0 Å². The van der Waals surface area contributed by atoms with E-state index in [1.807, 2.05) is 0 Å². The molecular weight excluding hydrogens is 287 g/mol. The lowest BCUT2D eigenvalue weighted by molar-refractivity contribution is 1.12. The van der Waals surface area contributed by atoms with Crippen molar-refractivity contribution in [2.75, 3.05) is 11.5 Å². The largest absolute Gasteiger partial charge is 0.142 e. The molecule has 0 nitrogen and oxygen atoms in total. The normalized spacial score (nSPS) is 16.7. The van der Waals surface area contributed by atoms with Gasteiger partial charge < -0.3 is 0 Å². The lowest BCUT2D eigenvalue weighted by Gasteiger charge is -2.30. The second-order valence-electron chi connectivity index (χ2n) is 4.44. The van der Waals surface area contributed by atoms with E-state index in [1.54, 1.807) is 0 Å². The molecule has 1 aliphatic heterocycles. The van der Waals surface area contributed by atoms with Gasteiger partial charge in [-0.25, -0.2) is 0 Å². The molecule has 0 aliphatic carbocycles. The van der Waals surface area contributed by atoms with Crippen LogP contribution < -0.4 is 10.6 Å². The predicted molar refractivity (Wildman–Crippen MR) is 92.4 cm³/mol. The van der Waals surface area contributed by atoms with Crippen LogP contribution in [0.3, 0.4) is 0 Å². The van der Waals surface area contributed by atoms with Gasteiger partial charge in [-0.15, -0.1) is 23.5 Å².